The Morgan fingerprint density at radius 3 is 2.78 bits per heavy atom. The number of hydrogen-bond acceptors (Lipinski definition) is 6. The number of pyridine rings is 1. The molecule has 0 aliphatic heterocycles. The molecule has 0 aromatic carbocycles. The zero-order valence-electron chi connectivity index (χ0n) is 10.6. The van der Waals surface area contributed by atoms with Crippen LogP contribution in [-0.4, -0.2) is 39.2 Å². The maximum atomic E-state index is 10.6. The van der Waals surface area contributed by atoms with E-state index in [1.165, 1.54) is 12.3 Å². The van der Waals surface area contributed by atoms with Gasteiger partial charge in [0.05, 0.1) is 11.5 Å². The van der Waals surface area contributed by atoms with Gasteiger partial charge in [0.15, 0.2) is 0 Å². The van der Waals surface area contributed by atoms with Gasteiger partial charge in [-0.15, -0.1) is 0 Å². The first-order valence-electron chi connectivity index (χ1n) is 5.50. The predicted octanol–water partition coefficient (Wildman–Crippen LogP) is 1.82. The molecular weight excluding hydrogens is 254 g/mol. The zero-order chi connectivity index (χ0) is 13.7. The minimum atomic E-state index is -0.467. The fraction of sp³-hybridized carbons (Fsp3) is 0.545. The maximum absolute atomic E-state index is 10.6. The van der Waals surface area contributed by atoms with Crippen LogP contribution in [0.25, 0.3) is 0 Å². The van der Waals surface area contributed by atoms with Crippen LogP contribution in [0.2, 0.25) is 0 Å². The summed E-state index contributed by atoms with van der Waals surface area (Å²) >= 11 is 1.56. The Hall–Kier alpha value is -1.34. The molecule has 0 radical (unpaired) electrons. The Morgan fingerprint density at radius 2 is 2.33 bits per heavy atom. The number of aliphatic hydroxyl groups is 1. The lowest BCUT2D eigenvalue weighted by atomic mass is 10.2. The third-order valence-electron chi connectivity index (χ3n) is 2.68. The van der Waals surface area contributed by atoms with Gasteiger partial charge in [0.1, 0.15) is 12.0 Å². The summed E-state index contributed by atoms with van der Waals surface area (Å²) < 4.78 is 0. The summed E-state index contributed by atoms with van der Waals surface area (Å²) in [5.41, 5.74) is 0.697. The molecule has 2 N–H and O–H groups in total. The monoisotopic (exact) mass is 271 g/mol. The van der Waals surface area contributed by atoms with Crippen molar-refractivity contribution < 1.29 is 10.0 Å². The fourth-order valence-corrected chi connectivity index (χ4v) is 2.18. The number of anilines is 1. The molecule has 0 aliphatic rings. The lowest BCUT2D eigenvalue weighted by Crippen LogP contribution is -2.31. The van der Waals surface area contributed by atoms with Crippen LogP contribution < -0.4 is 5.32 Å². The molecule has 1 aromatic heterocycles. The lowest BCUT2D eigenvalue weighted by Gasteiger charge is -2.22. The van der Waals surface area contributed by atoms with Gasteiger partial charge in [0, 0.05) is 17.4 Å². The average molecular weight is 271 g/mol. The Morgan fingerprint density at radius 1 is 1.67 bits per heavy atom. The van der Waals surface area contributed by atoms with Gasteiger partial charge in [-0.25, -0.2) is 4.98 Å². The number of thioether (sulfide) groups is 1. The van der Waals surface area contributed by atoms with Crippen LogP contribution in [0, 0.1) is 17.0 Å². The lowest BCUT2D eigenvalue weighted by molar-refractivity contribution is -0.385. The average Bonchev–Trinajstić information content (AvgIpc) is 2.33. The van der Waals surface area contributed by atoms with Crippen LogP contribution in [0.3, 0.4) is 0 Å². The number of nitrogens with one attached hydrogen (secondary N) is 1. The summed E-state index contributed by atoms with van der Waals surface area (Å²) in [6, 6.07) is 1.51. The molecule has 2 unspecified atom stereocenters. The summed E-state index contributed by atoms with van der Waals surface area (Å²) in [6.45, 7) is 3.78. The van der Waals surface area contributed by atoms with Gasteiger partial charge in [-0.05, 0) is 25.7 Å². The second-order valence-corrected chi connectivity index (χ2v) is 5.08. The number of rotatable bonds is 6. The SMILES string of the molecule is CSC(CO)C(C)Nc1ncc([N+](=O)[O-])cc1C. The molecule has 1 aromatic rings. The predicted molar refractivity (Wildman–Crippen MR) is 73.1 cm³/mol. The number of nitrogens with zero attached hydrogens (tertiary/aromatic N) is 2. The molecule has 2 atom stereocenters. The zero-order valence-corrected chi connectivity index (χ0v) is 11.4. The fourth-order valence-electron chi connectivity index (χ4n) is 1.56. The van der Waals surface area contributed by atoms with Gasteiger partial charge in [-0.3, -0.25) is 10.1 Å². The van der Waals surface area contributed by atoms with E-state index >= 15 is 0 Å². The van der Waals surface area contributed by atoms with Crippen molar-refractivity contribution in [3.8, 4) is 0 Å². The summed E-state index contributed by atoms with van der Waals surface area (Å²) in [5, 5.41) is 23.0. The Labute approximate surface area is 110 Å². The highest BCUT2D eigenvalue weighted by atomic mass is 32.2. The molecule has 0 saturated carbocycles. The van der Waals surface area contributed by atoms with Crippen LogP contribution in [-0.2, 0) is 0 Å². The van der Waals surface area contributed by atoms with Gasteiger partial charge >= 0.3 is 0 Å². The first-order valence-corrected chi connectivity index (χ1v) is 6.79. The van der Waals surface area contributed by atoms with E-state index in [4.69, 9.17) is 0 Å². The van der Waals surface area contributed by atoms with Crippen LogP contribution in [0.15, 0.2) is 12.3 Å². The van der Waals surface area contributed by atoms with E-state index in [9.17, 15) is 15.2 Å². The van der Waals surface area contributed by atoms with E-state index in [0.29, 0.717) is 11.4 Å². The van der Waals surface area contributed by atoms with Crippen LogP contribution >= 0.6 is 11.8 Å². The van der Waals surface area contributed by atoms with Crippen molar-refractivity contribution in [2.75, 3.05) is 18.2 Å². The van der Waals surface area contributed by atoms with E-state index in [-0.39, 0.29) is 23.6 Å². The number of nitro groups is 1. The molecule has 0 amide bonds. The molecule has 0 bridgehead atoms. The van der Waals surface area contributed by atoms with Gasteiger partial charge in [0.2, 0.25) is 0 Å². The highest BCUT2D eigenvalue weighted by Gasteiger charge is 2.17. The minimum Gasteiger partial charge on any atom is -0.395 e. The quantitative estimate of drug-likeness (QED) is 0.606. The van der Waals surface area contributed by atoms with Crippen molar-refractivity contribution in [3.63, 3.8) is 0 Å². The number of aliphatic hydroxyl groups excluding tert-OH is 1. The summed E-state index contributed by atoms with van der Waals surface area (Å²) in [4.78, 5) is 14.2. The number of aromatic nitrogens is 1. The van der Waals surface area contributed by atoms with Gasteiger partial charge in [-0.2, -0.15) is 11.8 Å². The second kappa shape index (κ2) is 6.55. The van der Waals surface area contributed by atoms with E-state index in [1.807, 2.05) is 13.2 Å². The molecule has 0 spiro atoms. The summed E-state index contributed by atoms with van der Waals surface area (Å²) in [6.07, 6.45) is 3.16. The largest absolute Gasteiger partial charge is 0.395 e. The molecule has 100 valence electrons. The van der Waals surface area contributed by atoms with Crippen LogP contribution in [0.4, 0.5) is 11.5 Å². The standard InChI is InChI=1S/C11H17N3O3S/c1-7-4-9(14(16)17)5-12-11(7)13-8(2)10(6-15)18-3/h4-5,8,10,15H,6H2,1-3H3,(H,12,13). The smallest absolute Gasteiger partial charge is 0.287 e. The highest BCUT2D eigenvalue weighted by Crippen LogP contribution is 2.20. The normalized spacial score (nSPS) is 14.0. The third kappa shape index (κ3) is 3.58. The maximum Gasteiger partial charge on any atom is 0.287 e. The molecular formula is C11H17N3O3S. The van der Waals surface area contributed by atoms with Crippen LogP contribution in [0.1, 0.15) is 12.5 Å². The van der Waals surface area contributed by atoms with Crippen molar-refractivity contribution in [1.82, 2.24) is 4.98 Å². The molecule has 0 aliphatic carbocycles. The Balaban J connectivity index is 2.82. The Kier molecular flexibility index (Phi) is 5.36. The molecule has 6 nitrogen and oxygen atoms in total. The second-order valence-electron chi connectivity index (χ2n) is 4.01. The summed E-state index contributed by atoms with van der Waals surface area (Å²) in [5.74, 6) is 0.612. The molecule has 7 heteroatoms. The molecule has 0 saturated heterocycles. The van der Waals surface area contributed by atoms with E-state index < -0.39 is 4.92 Å². The topological polar surface area (TPSA) is 88.3 Å². The van der Waals surface area contributed by atoms with Crippen molar-refractivity contribution in [1.29, 1.82) is 0 Å². The van der Waals surface area contributed by atoms with E-state index in [1.54, 1.807) is 18.7 Å². The highest BCUT2D eigenvalue weighted by molar-refractivity contribution is 7.99. The Bertz CT molecular complexity index is 424. The molecule has 1 heterocycles. The van der Waals surface area contributed by atoms with Crippen molar-refractivity contribution >= 4 is 23.3 Å². The van der Waals surface area contributed by atoms with E-state index in [2.05, 4.69) is 10.3 Å². The molecule has 1 rings (SSSR count). The van der Waals surface area contributed by atoms with Crippen molar-refractivity contribution in [2.45, 2.75) is 25.1 Å². The number of hydrogen-bond donors (Lipinski definition) is 2. The first kappa shape index (κ1) is 14.7. The van der Waals surface area contributed by atoms with Crippen molar-refractivity contribution in [2.24, 2.45) is 0 Å². The molecule has 0 fully saturated rings. The number of aryl methyl sites for hydroxylation is 1. The van der Waals surface area contributed by atoms with Gasteiger partial charge in [-0.1, -0.05) is 0 Å². The van der Waals surface area contributed by atoms with Gasteiger partial charge in [0.25, 0.3) is 5.69 Å². The van der Waals surface area contributed by atoms with Crippen molar-refractivity contribution in [3.05, 3.63) is 27.9 Å². The first-order chi connectivity index (χ1) is 8.49. The van der Waals surface area contributed by atoms with Gasteiger partial charge < -0.3 is 10.4 Å². The minimum absolute atomic E-state index is 0.0192. The third-order valence-corrected chi connectivity index (χ3v) is 3.84. The molecule has 18 heavy (non-hydrogen) atoms. The van der Waals surface area contributed by atoms with E-state index in [0.717, 1.165) is 0 Å². The summed E-state index contributed by atoms with van der Waals surface area (Å²) in [7, 11) is 0. The van der Waals surface area contributed by atoms with Crippen LogP contribution in [0.5, 0.6) is 0 Å².